The Hall–Kier alpha value is -1.89. The zero-order valence-corrected chi connectivity index (χ0v) is 14.9. The van der Waals surface area contributed by atoms with E-state index in [1.54, 1.807) is 25.1 Å². The van der Waals surface area contributed by atoms with E-state index >= 15 is 0 Å². The minimum atomic E-state index is -1.17. The molecule has 6 nitrogen and oxygen atoms in total. The van der Waals surface area contributed by atoms with Gasteiger partial charge in [0.1, 0.15) is 12.1 Å². The van der Waals surface area contributed by atoms with Gasteiger partial charge in [0, 0.05) is 11.0 Å². The first kappa shape index (κ1) is 17.5. The molecule has 0 spiro atoms. The maximum atomic E-state index is 12.7. The molecular weight excluding hydrogens is 362 g/mol. The number of urea groups is 1. The molecule has 0 saturated carbocycles. The van der Waals surface area contributed by atoms with Crippen molar-refractivity contribution in [3.8, 4) is 0 Å². The molecule has 1 fully saturated rings. The van der Waals surface area contributed by atoms with Crippen molar-refractivity contribution in [1.82, 2.24) is 15.5 Å². The smallest absolute Gasteiger partial charge is 0.325 e. The van der Waals surface area contributed by atoms with Gasteiger partial charge in [0.05, 0.1) is 0 Å². The van der Waals surface area contributed by atoms with Crippen molar-refractivity contribution in [2.45, 2.75) is 26.3 Å². The van der Waals surface area contributed by atoms with Crippen molar-refractivity contribution in [3.05, 3.63) is 34.3 Å². The lowest BCUT2D eigenvalue weighted by Crippen LogP contribution is -2.43. The van der Waals surface area contributed by atoms with Gasteiger partial charge in [-0.1, -0.05) is 41.9 Å². The highest BCUT2D eigenvalue weighted by Gasteiger charge is 2.49. The molecule has 1 aliphatic rings. The quantitative estimate of drug-likeness (QED) is 0.765. The standard InChI is InChI=1S/C16H20BrN3O3/c1-10(2)8-18-13(21)9-20-14(22)16(3,19-15(20)23)11-5-4-6-12(17)7-11/h4-7,10H,8-9H2,1-3H3,(H,18,21)(H,19,23). The second-order valence-electron chi connectivity index (χ2n) is 6.15. The SMILES string of the molecule is CC(C)CNC(=O)CN1C(=O)NC(C)(c2cccc(Br)c2)C1=O. The normalized spacial score (nSPS) is 20.8. The highest BCUT2D eigenvalue weighted by atomic mass is 79.9. The van der Waals surface area contributed by atoms with Crippen molar-refractivity contribution in [2.75, 3.05) is 13.1 Å². The van der Waals surface area contributed by atoms with E-state index in [0.29, 0.717) is 18.0 Å². The molecule has 1 heterocycles. The number of carbonyl (C=O) groups is 3. The summed E-state index contributed by atoms with van der Waals surface area (Å²) < 4.78 is 0.811. The second kappa shape index (κ2) is 6.70. The Morgan fingerprint density at radius 3 is 2.70 bits per heavy atom. The average Bonchev–Trinajstić information content (AvgIpc) is 2.70. The summed E-state index contributed by atoms with van der Waals surface area (Å²) in [4.78, 5) is 37.7. The molecule has 124 valence electrons. The van der Waals surface area contributed by atoms with Gasteiger partial charge in [0.15, 0.2) is 0 Å². The summed E-state index contributed by atoms with van der Waals surface area (Å²) >= 11 is 3.36. The fourth-order valence-corrected chi connectivity index (χ4v) is 2.75. The van der Waals surface area contributed by atoms with Crippen LogP contribution in [0.25, 0.3) is 0 Å². The first-order valence-electron chi connectivity index (χ1n) is 7.41. The minimum absolute atomic E-state index is 0.277. The largest absolute Gasteiger partial charge is 0.354 e. The predicted molar refractivity (Wildman–Crippen MR) is 89.6 cm³/mol. The van der Waals surface area contributed by atoms with Crippen LogP contribution in [0.4, 0.5) is 4.79 Å². The number of benzene rings is 1. The number of nitrogens with zero attached hydrogens (tertiary/aromatic N) is 1. The Bertz CT molecular complexity index is 647. The molecule has 2 rings (SSSR count). The summed E-state index contributed by atoms with van der Waals surface area (Å²) in [6.07, 6.45) is 0. The van der Waals surface area contributed by atoms with E-state index in [2.05, 4.69) is 26.6 Å². The van der Waals surface area contributed by atoms with Crippen molar-refractivity contribution in [1.29, 1.82) is 0 Å². The van der Waals surface area contributed by atoms with E-state index in [-0.39, 0.29) is 12.5 Å². The van der Waals surface area contributed by atoms with Gasteiger partial charge in [-0.25, -0.2) is 4.79 Å². The third-order valence-electron chi connectivity index (χ3n) is 3.69. The number of hydrogen-bond donors (Lipinski definition) is 2. The third-order valence-corrected chi connectivity index (χ3v) is 4.18. The number of amides is 4. The number of hydrogen-bond acceptors (Lipinski definition) is 3. The van der Waals surface area contributed by atoms with Crippen LogP contribution in [-0.2, 0) is 15.1 Å². The molecule has 2 N–H and O–H groups in total. The van der Waals surface area contributed by atoms with Gasteiger partial charge >= 0.3 is 6.03 Å². The molecule has 1 aromatic rings. The van der Waals surface area contributed by atoms with Crippen LogP contribution in [0.2, 0.25) is 0 Å². The van der Waals surface area contributed by atoms with E-state index in [9.17, 15) is 14.4 Å². The molecule has 0 aliphatic carbocycles. The first-order valence-corrected chi connectivity index (χ1v) is 8.20. The number of nitrogens with one attached hydrogen (secondary N) is 2. The molecule has 1 saturated heterocycles. The van der Waals surface area contributed by atoms with E-state index in [4.69, 9.17) is 0 Å². The molecule has 1 unspecified atom stereocenters. The van der Waals surface area contributed by atoms with Gasteiger partial charge in [-0.15, -0.1) is 0 Å². The minimum Gasteiger partial charge on any atom is -0.354 e. The molecule has 4 amide bonds. The summed E-state index contributed by atoms with van der Waals surface area (Å²) in [5.41, 5.74) is -0.505. The van der Waals surface area contributed by atoms with Crippen LogP contribution in [0.3, 0.4) is 0 Å². The third kappa shape index (κ3) is 3.72. The van der Waals surface area contributed by atoms with Crippen LogP contribution in [0.15, 0.2) is 28.7 Å². The Morgan fingerprint density at radius 1 is 1.39 bits per heavy atom. The Labute approximate surface area is 143 Å². The van der Waals surface area contributed by atoms with Crippen LogP contribution in [0.5, 0.6) is 0 Å². The topological polar surface area (TPSA) is 78.5 Å². The summed E-state index contributed by atoms with van der Waals surface area (Å²) in [5, 5.41) is 5.39. The maximum Gasteiger partial charge on any atom is 0.325 e. The fraction of sp³-hybridized carbons (Fsp3) is 0.438. The molecule has 7 heteroatoms. The van der Waals surface area contributed by atoms with Crippen molar-refractivity contribution >= 4 is 33.8 Å². The van der Waals surface area contributed by atoms with Crippen LogP contribution >= 0.6 is 15.9 Å². The lowest BCUT2D eigenvalue weighted by molar-refractivity contribution is -0.134. The molecule has 23 heavy (non-hydrogen) atoms. The Morgan fingerprint density at radius 2 is 2.09 bits per heavy atom. The lowest BCUT2D eigenvalue weighted by atomic mass is 9.92. The average molecular weight is 382 g/mol. The fourth-order valence-electron chi connectivity index (χ4n) is 2.35. The van der Waals surface area contributed by atoms with E-state index in [1.807, 2.05) is 19.9 Å². The monoisotopic (exact) mass is 381 g/mol. The zero-order chi connectivity index (χ0) is 17.2. The highest BCUT2D eigenvalue weighted by molar-refractivity contribution is 9.10. The van der Waals surface area contributed by atoms with Crippen LogP contribution in [0, 0.1) is 5.92 Å². The van der Waals surface area contributed by atoms with Gasteiger partial charge in [0.25, 0.3) is 5.91 Å². The number of halogens is 1. The molecule has 0 aromatic heterocycles. The molecular formula is C16H20BrN3O3. The number of rotatable bonds is 5. The van der Waals surface area contributed by atoms with Gasteiger partial charge < -0.3 is 10.6 Å². The lowest BCUT2D eigenvalue weighted by Gasteiger charge is -2.22. The van der Waals surface area contributed by atoms with Gasteiger partial charge in [-0.05, 0) is 30.5 Å². The zero-order valence-electron chi connectivity index (χ0n) is 13.4. The van der Waals surface area contributed by atoms with E-state index in [1.165, 1.54) is 0 Å². The molecule has 0 bridgehead atoms. The summed E-state index contributed by atoms with van der Waals surface area (Å²) in [7, 11) is 0. The number of carbonyl (C=O) groups excluding carboxylic acids is 3. The van der Waals surface area contributed by atoms with Gasteiger partial charge in [-0.2, -0.15) is 0 Å². The summed E-state index contributed by atoms with van der Waals surface area (Å²) in [5.74, 6) is -0.477. The van der Waals surface area contributed by atoms with Gasteiger partial charge in [-0.3, -0.25) is 14.5 Å². The molecule has 1 atom stereocenters. The Balaban J connectivity index is 2.15. The maximum absolute atomic E-state index is 12.7. The predicted octanol–water partition coefficient (Wildman–Crippen LogP) is 1.99. The molecule has 1 aliphatic heterocycles. The number of imide groups is 1. The summed E-state index contributed by atoms with van der Waals surface area (Å²) in [6, 6.07) is 6.62. The van der Waals surface area contributed by atoms with Crippen LogP contribution < -0.4 is 10.6 Å². The first-order chi connectivity index (χ1) is 10.7. The molecule has 0 radical (unpaired) electrons. The van der Waals surface area contributed by atoms with Crippen LogP contribution in [0.1, 0.15) is 26.3 Å². The van der Waals surface area contributed by atoms with Gasteiger partial charge in [0.2, 0.25) is 5.91 Å². The molecule has 1 aromatic carbocycles. The van der Waals surface area contributed by atoms with Crippen molar-refractivity contribution in [3.63, 3.8) is 0 Å². The highest BCUT2D eigenvalue weighted by Crippen LogP contribution is 2.30. The Kier molecular flexibility index (Phi) is 5.09. The van der Waals surface area contributed by atoms with E-state index in [0.717, 1.165) is 9.37 Å². The van der Waals surface area contributed by atoms with Crippen LogP contribution in [-0.4, -0.2) is 35.8 Å². The van der Waals surface area contributed by atoms with Crippen molar-refractivity contribution in [2.24, 2.45) is 5.92 Å². The summed E-state index contributed by atoms with van der Waals surface area (Å²) in [6.45, 7) is 5.81. The van der Waals surface area contributed by atoms with Crippen molar-refractivity contribution < 1.29 is 14.4 Å². The second-order valence-corrected chi connectivity index (χ2v) is 7.07. The van der Waals surface area contributed by atoms with E-state index < -0.39 is 17.5 Å².